The first-order valence-corrected chi connectivity index (χ1v) is 10.4. The number of halogens is 3. The lowest BCUT2D eigenvalue weighted by atomic mass is 10.2. The van der Waals surface area contributed by atoms with E-state index in [1.807, 2.05) is 31.3 Å². The molecule has 1 aromatic carbocycles. The van der Waals surface area contributed by atoms with Crippen molar-refractivity contribution >= 4 is 59.1 Å². The summed E-state index contributed by atoms with van der Waals surface area (Å²) in [6, 6.07) is 7.54. The highest BCUT2D eigenvalue weighted by molar-refractivity contribution is 14.0. The molecule has 1 saturated heterocycles. The van der Waals surface area contributed by atoms with Crippen molar-refractivity contribution in [3.63, 3.8) is 0 Å². The lowest BCUT2D eigenvalue weighted by Gasteiger charge is -2.34. The van der Waals surface area contributed by atoms with Gasteiger partial charge in [-0.05, 0) is 23.8 Å². The van der Waals surface area contributed by atoms with E-state index in [0.29, 0.717) is 16.6 Å². The Morgan fingerprint density at radius 1 is 1.13 bits per heavy atom. The van der Waals surface area contributed by atoms with Gasteiger partial charge in [0.1, 0.15) is 0 Å². The zero-order valence-electron chi connectivity index (χ0n) is 17.3. The van der Waals surface area contributed by atoms with E-state index in [1.165, 1.54) is 0 Å². The normalized spacial score (nSPS) is 14.9. The maximum atomic E-state index is 6.12. The van der Waals surface area contributed by atoms with Gasteiger partial charge in [0.25, 0.3) is 0 Å². The van der Waals surface area contributed by atoms with Crippen molar-refractivity contribution in [3.8, 4) is 0 Å². The van der Waals surface area contributed by atoms with Crippen LogP contribution in [0.25, 0.3) is 0 Å². The number of piperazine rings is 1. The molecule has 1 N–H and O–H groups in total. The summed E-state index contributed by atoms with van der Waals surface area (Å²) in [5, 5.41) is 4.58. The Morgan fingerprint density at radius 2 is 1.83 bits per heavy atom. The highest BCUT2D eigenvalue weighted by Crippen LogP contribution is 2.23. The minimum Gasteiger partial charge on any atom is -0.355 e. The molecule has 1 aliphatic heterocycles. The van der Waals surface area contributed by atoms with Gasteiger partial charge in [0.15, 0.2) is 5.96 Å². The molecule has 1 aromatic heterocycles. The van der Waals surface area contributed by atoms with Gasteiger partial charge in [-0.2, -0.15) is 0 Å². The van der Waals surface area contributed by atoms with Crippen LogP contribution in [0, 0.1) is 0 Å². The minimum atomic E-state index is 0. The fraction of sp³-hybridized carbons (Fsp3) is 0.450. The van der Waals surface area contributed by atoms with Gasteiger partial charge in [0, 0.05) is 72.3 Å². The van der Waals surface area contributed by atoms with Gasteiger partial charge >= 0.3 is 0 Å². The molecule has 0 spiro atoms. The number of hydrogen-bond acceptors (Lipinski definition) is 5. The smallest absolute Gasteiger partial charge is 0.225 e. The van der Waals surface area contributed by atoms with E-state index in [2.05, 4.69) is 35.0 Å². The number of aliphatic imine (C=N–C) groups is 1. The van der Waals surface area contributed by atoms with E-state index < -0.39 is 0 Å². The molecule has 7 nitrogen and oxygen atoms in total. The Labute approximate surface area is 205 Å². The van der Waals surface area contributed by atoms with E-state index in [4.69, 9.17) is 23.2 Å². The molecule has 2 heterocycles. The Kier molecular flexibility index (Phi) is 10.4. The molecular weight excluding hydrogens is 536 g/mol. The first-order valence-electron chi connectivity index (χ1n) is 9.67. The Hall–Kier alpha value is -1.36. The SMILES string of the molecule is CN=C(NCCN1CCN(c2ncccn2)CC1)N(C)Cc1ccc(Cl)c(Cl)c1.I. The van der Waals surface area contributed by atoms with Crippen molar-refractivity contribution in [1.29, 1.82) is 0 Å². The maximum Gasteiger partial charge on any atom is 0.225 e. The number of nitrogens with zero attached hydrogens (tertiary/aromatic N) is 6. The number of hydrogen-bond donors (Lipinski definition) is 1. The van der Waals surface area contributed by atoms with E-state index in [9.17, 15) is 0 Å². The standard InChI is InChI=1S/C20H27Cl2N7.HI/c1-23-19(27(2)15-16-4-5-17(21)18(22)14-16)26-8-9-28-10-12-29(13-11-28)20-24-6-3-7-25-20;/h3-7,14H,8-13,15H2,1-2H3,(H,23,26);1H. The van der Waals surface area contributed by atoms with Gasteiger partial charge < -0.3 is 15.1 Å². The van der Waals surface area contributed by atoms with Crippen LogP contribution in [0.1, 0.15) is 5.56 Å². The third kappa shape index (κ3) is 7.11. The van der Waals surface area contributed by atoms with Crippen molar-refractivity contribution < 1.29 is 0 Å². The second-order valence-corrected chi connectivity index (χ2v) is 7.77. The predicted octanol–water partition coefficient (Wildman–Crippen LogP) is 3.23. The van der Waals surface area contributed by atoms with Crippen molar-refractivity contribution in [1.82, 2.24) is 25.1 Å². The summed E-state index contributed by atoms with van der Waals surface area (Å²) in [6.45, 7) is 6.37. The molecule has 0 atom stereocenters. The second kappa shape index (κ2) is 12.5. The third-order valence-electron chi connectivity index (χ3n) is 4.90. The van der Waals surface area contributed by atoms with Gasteiger partial charge in [-0.1, -0.05) is 29.3 Å². The van der Waals surface area contributed by atoms with E-state index in [-0.39, 0.29) is 24.0 Å². The molecule has 0 saturated carbocycles. The summed E-state index contributed by atoms with van der Waals surface area (Å²) in [5.41, 5.74) is 1.09. The van der Waals surface area contributed by atoms with Gasteiger partial charge in [-0.15, -0.1) is 24.0 Å². The van der Waals surface area contributed by atoms with Gasteiger partial charge in [-0.25, -0.2) is 9.97 Å². The summed E-state index contributed by atoms with van der Waals surface area (Å²) < 4.78 is 0. The quantitative estimate of drug-likeness (QED) is 0.331. The zero-order valence-corrected chi connectivity index (χ0v) is 21.1. The second-order valence-electron chi connectivity index (χ2n) is 6.96. The number of aromatic nitrogens is 2. The molecule has 0 amide bonds. The van der Waals surface area contributed by atoms with E-state index >= 15 is 0 Å². The van der Waals surface area contributed by atoms with E-state index in [1.54, 1.807) is 19.4 Å². The molecule has 0 radical (unpaired) electrons. The van der Waals surface area contributed by atoms with Crippen molar-refractivity contribution in [2.24, 2.45) is 4.99 Å². The number of nitrogens with one attached hydrogen (secondary N) is 1. The van der Waals surface area contributed by atoms with Crippen LogP contribution < -0.4 is 10.2 Å². The monoisotopic (exact) mass is 563 g/mol. The average molecular weight is 564 g/mol. The molecule has 30 heavy (non-hydrogen) atoms. The molecule has 0 aliphatic carbocycles. The van der Waals surface area contributed by atoms with Crippen LogP contribution >= 0.6 is 47.2 Å². The molecule has 1 fully saturated rings. The zero-order chi connectivity index (χ0) is 20.6. The lowest BCUT2D eigenvalue weighted by molar-refractivity contribution is 0.259. The van der Waals surface area contributed by atoms with Crippen LogP contribution in [-0.4, -0.2) is 79.1 Å². The highest BCUT2D eigenvalue weighted by Gasteiger charge is 2.18. The first-order chi connectivity index (χ1) is 14.1. The Bertz CT molecular complexity index is 814. The molecule has 0 unspecified atom stereocenters. The summed E-state index contributed by atoms with van der Waals surface area (Å²) in [7, 11) is 3.81. The molecule has 2 aromatic rings. The van der Waals surface area contributed by atoms with Crippen molar-refractivity contribution in [2.75, 3.05) is 58.3 Å². The third-order valence-corrected chi connectivity index (χ3v) is 5.63. The molecular formula is C20H28Cl2IN7. The lowest BCUT2D eigenvalue weighted by Crippen LogP contribution is -2.49. The fourth-order valence-corrected chi connectivity index (χ4v) is 3.64. The number of anilines is 1. The van der Waals surface area contributed by atoms with Crippen LogP contribution in [0.5, 0.6) is 0 Å². The Balaban J connectivity index is 0.00000320. The van der Waals surface area contributed by atoms with Crippen molar-refractivity contribution in [3.05, 3.63) is 52.3 Å². The maximum absolute atomic E-state index is 6.12. The van der Waals surface area contributed by atoms with Crippen LogP contribution in [0.4, 0.5) is 5.95 Å². The van der Waals surface area contributed by atoms with Crippen LogP contribution in [0.2, 0.25) is 10.0 Å². The molecule has 1 aliphatic rings. The van der Waals surface area contributed by atoms with Gasteiger partial charge in [0.2, 0.25) is 5.95 Å². The van der Waals surface area contributed by atoms with Crippen LogP contribution in [0.3, 0.4) is 0 Å². The topological polar surface area (TPSA) is 59.9 Å². The molecule has 0 bridgehead atoms. The first kappa shape index (κ1) is 24.9. The fourth-order valence-electron chi connectivity index (χ4n) is 3.32. The largest absolute Gasteiger partial charge is 0.355 e. The number of guanidine groups is 1. The highest BCUT2D eigenvalue weighted by atomic mass is 127. The summed E-state index contributed by atoms with van der Waals surface area (Å²) in [5.74, 6) is 1.67. The van der Waals surface area contributed by atoms with Gasteiger partial charge in [0.05, 0.1) is 10.0 Å². The molecule has 10 heteroatoms. The van der Waals surface area contributed by atoms with Gasteiger partial charge in [-0.3, -0.25) is 9.89 Å². The van der Waals surface area contributed by atoms with E-state index in [0.717, 1.165) is 56.7 Å². The summed E-state index contributed by atoms with van der Waals surface area (Å²) >= 11 is 12.1. The summed E-state index contributed by atoms with van der Waals surface area (Å²) in [6.07, 6.45) is 3.58. The number of rotatable bonds is 6. The minimum absolute atomic E-state index is 0. The van der Waals surface area contributed by atoms with Crippen LogP contribution in [0.15, 0.2) is 41.7 Å². The van der Waals surface area contributed by atoms with Crippen LogP contribution in [-0.2, 0) is 6.54 Å². The predicted molar refractivity (Wildman–Crippen MR) is 135 cm³/mol. The summed E-state index contributed by atoms with van der Waals surface area (Å²) in [4.78, 5) is 19.8. The van der Waals surface area contributed by atoms with Crippen molar-refractivity contribution in [2.45, 2.75) is 6.54 Å². The molecule has 3 rings (SSSR count). The Morgan fingerprint density at radius 3 is 2.47 bits per heavy atom. The number of benzene rings is 1. The average Bonchev–Trinajstić information content (AvgIpc) is 2.75. The molecule has 164 valence electrons.